The molecule has 13 heavy (non-hydrogen) atoms. The first-order chi connectivity index (χ1) is 6.11. The summed E-state index contributed by atoms with van der Waals surface area (Å²) < 4.78 is 1.86. The van der Waals surface area contributed by atoms with Crippen LogP contribution in [0.25, 0.3) is 0 Å². The van der Waals surface area contributed by atoms with Crippen molar-refractivity contribution >= 4 is 0 Å². The van der Waals surface area contributed by atoms with E-state index >= 15 is 0 Å². The summed E-state index contributed by atoms with van der Waals surface area (Å²) >= 11 is 0. The Hall–Kier alpha value is -0.940. The largest absolute Gasteiger partial charge is 0.392 e. The maximum absolute atomic E-state index is 9.06. The van der Waals surface area contributed by atoms with Gasteiger partial charge in [0.25, 0.3) is 0 Å². The molecule has 0 bridgehead atoms. The average Bonchev–Trinajstić information content (AvgIpc) is 2.47. The molecule has 0 aromatic carbocycles. The molecule has 0 fully saturated rings. The third-order valence-electron chi connectivity index (χ3n) is 1.85. The Morgan fingerprint density at radius 3 is 2.77 bits per heavy atom. The van der Waals surface area contributed by atoms with Crippen molar-refractivity contribution in [1.29, 1.82) is 0 Å². The van der Waals surface area contributed by atoms with Gasteiger partial charge in [-0.05, 0) is 13.8 Å². The molecule has 0 saturated carbocycles. The lowest BCUT2D eigenvalue weighted by molar-refractivity contribution is 0.186. The average molecular weight is 184 g/mol. The quantitative estimate of drug-likeness (QED) is 0.683. The topological polar surface area (TPSA) is 63.0 Å². The Labute approximate surface area is 77.8 Å². The maximum Gasteiger partial charge on any atom is 0.149 e. The Morgan fingerprint density at radius 1 is 1.62 bits per heavy atom. The number of hydrogen-bond donors (Lipinski definition) is 2. The second-order valence-corrected chi connectivity index (χ2v) is 3.28. The highest BCUT2D eigenvalue weighted by atomic mass is 16.3. The zero-order valence-corrected chi connectivity index (χ0v) is 8.23. The summed E-state index contributed by atoms with van der Waals surface area (Å²) in [5.41, 5.74) is 0. The Kier molecular flexibility index (Phi) is 3.39. The molecule has 5 nitrogen and oxygen atoms in total. The first-order valence-electron chi connectivity index (χ1n) is 4.36. The highest BCUT2D eigenvalue weighted by Crippen LogP contribution is 2.06. The fourth-order valence-corrected chi connectivity index (χ4v) is 1.12. The number of nitrogens with zero attached hydrogens (tertiary/aromatic N) is 3. The number of hydrogen-bond acceptors (Lipinski definition) is 4. The van der Waals surface area contributed by atoms with Gasteiger partial charge < -0.3 is 15.0 Å². The van der Waals surface area contributed by atoms with Crippen molar-refractivity contribution in [2.24, 2.45) is 7.05 Å². The molecular weight excluding hydrogens is 168 g/mol. The van der Waals surface area contributed by atoms with Crippen molar-refractivity contribution in [3.05, 3.63) is 12.2 Å². The van der Waals surface area contributed by atoms with E-state index in [1.165, 1.54) is 0 Å². The summed E-state index contributed by atoms with van der Waals surface area (Å²) in [5, 5.41) is 20.0. The fourth-order valence-electron chi connectivity index (χ4n) is 1.12. The number of aliphatic hydroxyl groups is 1. The highest BCUT2D eigenvalue weighted by Gasteiger charge is 2.10. The van der Waals surface area contributed by atoms with E-state index in [0.717, 1.165) is 5.82 Å². The lowest BCUT2D eigenvalue weighted by atomic mass is 10.3. The second kappa shape index (κ2) is 4.34. The summed E-state index contributed by atoms with van der Waals surface area (Å²) in [7, 11) is 1.90. The molecule has 0 aliphatic heterocycles. The van der Waals surface area contributed by atoms with E-state index in [1.807, 2.05) is 18.5 Å². The number of aliphatic hydroxyl groups excluding tert-OH is 1. The first-order valence-corrected chi connectivity index (χ1v) is 4.36. The van der Waals surface area contributed by atoms with Crippen molar-refractivity contribution in [2.45, 2.75) is 26.0 Å². The minimum atomic E-state index is -0.337. The molecule has 0 spiro atoms. The molecule has 5 heteroatoms. The lowest BCUT2D eigenvalue weighted by Gasteiger charge is -2.13. The summed E-state index contributed by atoms with van der Waals surface area (Å²) in [6.07, 6.45) is 1.33. The molecule has 1 aromatic heterocycles. The molecule has 1 heterocycles. The van der Waals surface area contributed by atoms with Crippen molar-refractivity contribution in [1.82, 2.24) is 20.1 Å². The van der Waals surface area contributed by atoms with Crippen LogP contribution >= 0.6 is 0 Å². The normalized spacial score (nSPS) is 15.7. The van der Waals surface area contributed by atoms with Gasteiger partial charge in [-0.25, -0.2) is 0 Å². The molecule has 2 N–H and O–H groups in total. The number of aryl methyl sites for hydroxylation is 1. The van der Waals surface area contributed by atoms with E-state index in [-0.39, 0.29) is 12.1 Å². The van der Waals surface area contributed by atoms with Crippen LogP contribution < -0.4 is 5.32 Å². The lowest BCUT2D eigenvalue weighted by Crippen LogP contribution is -2.28. The van der Waals surface area contributed by atoms with Crippen LogP contribution in [0.15, 0.2) is 6.33 Å². The fraction of sp³-hybridized carbons (Fsp3) is 0.750. The molecule has 74 valence electrons. The molecule has 1 rings (SSSR count). The van der Waals surface area contributed by atoms with Gasteiger partial charge in [0.1, 0.15) is 12.2 Å². The highest BCUT2D eigenvalue weighted by molar-refractivity contribution is 4.91. The molecule has 0 saturated heterocycles. The molecule has 2 unspecified atom stereocenters. The third-order valence-corrected chi connectivity index (χ3v) is 1.85. The van der Waals surface area contributed by atoms with E-state index in [2.05, 4.69) is 15.5 Å². The Balaban J connectivity index is 2.49. The molecule has 0 aliphatic rings. The van der Waals surface area contributed by atoms with Crippen molar-refractivity contribution < 1.29 is 5.11 Å². The Bertz CT molecular complexity index is 258. The van der Waals surface area contributed by atoms with Gasteiger partial charge in [0.15, 0.2) is 0 Å². The van der Waals surface area contributed by atoms with Gasteiger partial charge in [0.2, 0.25) is 0 Å². The SMILES string of the molecule is CC(O)CNC(C)c1nncn1C. The number of rotatable bonds is 4. The molecule has 2 atom stereocenters. The van der Waals surface area contributed by atoms with Gasteiger partial charge in [0.05, 0.1) is 12.1 Å². The molecule has 0 radical (unpaired) electrons. The monoisotopic (exact) mass is 184 g/mol. The number of nitrogens with one attached hydrogen (secondary N) is 1. The van der Waals surface area contributed by atoms with Crippen molar-refractivity contribution in [2.75, 3.05) is 6.54 Å². The van der Waals surface area contributed by atoms with Gasteiger partial charge >= 0.3 is 0 Å². The van der Waals surface area contributed by atoms with Gasteiger partial charge in [-0.1, -0.05) is 0 Å². The zero-order chi connectivity index (χ0) is 9.84. The molecule has 0 aliphatic carbocycles. The van der Waals surface area contributed by atoms with Gasteiger partial charge in [-0.3, -0.25) is 0 Å². The number of aromatic nitrogens is 3. The van der Waals surface area contributed by atoms with Gasteiger partial charge in [0, 0.05) is 13.6 Å². The zero-order valence-electron chi connectivity index (χ0n) is 8.23. The van der Waals surface area contributed by atoms with Gasteiger partial charge in [-0.2, -0.15) is 0 Å². The molecular formula is C8H16N4O. The minimum absolute atomic E-state index is 0.113. The first kappa shape index (κ1) is 10.1. The third kappa shape index (κ3) is 2.78. The van der Waals surface area contributed by atoms with Crippen LogP contribution in [-0.2, 0) is 7.05 Å². The van der Waals surface area contributed by atoms with Crippen molar-refractivity contribution in [3.8, 4) is 0 Å². The second-order valence-electron chi connectivity index (χ2n) is 3.28. The molecule has 0 amide bonds. The summed E-state index contributed by atoms with van der Waals surface area (Å²) in [4.78, 5) is 0. The van der Waals surface area contributed by atoms with Crippen LogP contribution in [0.5, 0.6) is 0 Å². The van der Waals surface area contributed by atoms with Crippen LogP contribution in [0, 0.1) is 0 Å². The van der Waals surface area contributed by atoms with Crippen LogP contribution in [0.3, 0.4) is 0 Å². The van der Waals surface area contributed by atoms with E-state index in [4.69, 9.17) is 5.11 Å². The van der Waals surface area contributed by atoms with Crippen LogP contribution in [0.1, 0.15) is 25.7 Å². The maximum atomic E-state index is 9.06. The van der Waals surface area contributed by atoms with Crippen LogP contribution in [0.2, 0.25) is 0 Å². The molecule has 1 aromatic rings. The van der Waals surface area contributed by atoms with E-state index in [9.17, 15) is 0 Å². The van der Waals surface area contributed by atoms with E-state index in [0.29, 0.717) is 6.54 Å². The summed E-state index contributed by atoms with van der Waals surface area (Å²) in [5.74, 6) is 0.876. The summed E-state index contributed by atoms with van der Waals surface area (Å²) in [6, 6.07) is 0.113. The van der Waals surface area contributed by atoms with Crippen molar-refractivity contribution in [3.63, 3.8) is 0 Å². The van der Waals surface area contributed by atoms with Crippen LogP contribution in [0.4, 0.5) is 0 Å². The Morgan fingerprint density at radius 2 is 2.31 bits per heavy atom. The standard InChI is InChI=1S/C8H16N4O/c1-6(13)4-9-7(2)8-11-10-5-12(8)3/h5-7,9,13H,4H2,1-3H3. The van der Waals surface area contributed by atoms with Gasteiger partial charge in [-0.15, -0.1) is 10.2 Å². The smallest absolute Gasteiger partial charge is 0.149 e. The predicted molar refractivity (Wildman–Crippen MR) is 49.1 cm³/mol. The predicted octanol–water partition coefficient (Wildman–Crippen LogP) is -0.154. The van der Waals surface area contributed by atoms with E-state index in [1.54, 1.807) is 13.3 Å². The minimum Gasteiger partial charge on any atom is -0.392 e. The van der Waals surface area contributed by atoms with Crippen LogP contribution in [-0.4, -0.2) is 32.5 Å². The summed E-state index contributed by atoms with van der Waals surface area (Å²) in [6.45, 7) is 4.30. The van der Waals surface area contributed by atoms with E-state index < -0.39 is 0 Å².